The van der Waals surface area contributed by atoms with Crippen molar-refractivity contribution in [2.45, 2.75) is 23.8 Å². The second-order valence-corrected chi connectivity index (χ2v) is 6.79. The van der Waals surface area contributed by atoms with Gasteiger partial charge >= 0.3 is 0 Å². The first-order valence-electron chi connectivity index (χ1n) is 6.03. The Bertz CT molecular complexity index is 558. The minimum atomic E-state index is -3.67. The van der Waals surface area contributed by atoms with Crippen LogP contribution in [0.15, 0.2) is 23.1 Å². The molecule has 2 rings (SSSR count). The molecule has 1 unspecified atom stereocenters. The summed E-state index contributed by atoms with van der Waals surface area (Å²) in [6.45, 7) is 0.223. The highest BCUT2D eigenvalue weighted by Crippen LogP contribution is 2.31. The molecular weight excluding hydrogens is 288 g/mol. The number of sulfonamides is 1. The number of nitrogens with one attached hydrogen (secondary N) is 1. The second kappa shape index (κ2) is 5.66. The number of rotatable bonds is 6. The lowest BCUT2D eigenvalue weighted by molar-refractivity contribution is 0.413. The van der Waals surface area contributed by atoms with Crippen LogP contribution in [0.5, 0.6) is 5.75 Å². The number of methoxy groups -OCH3 is 1. The molecular formula is C12H17ClN2O3S. The summed E-state index contributed by atoms with van der Waals surface area (Å²) in [5.74, 6) is 0.875. The molecule has 1 saturated carbocycles. The molecule has 1 aliphatic carbocycles. The van der Waals surface area contributed by atoms with Crippen LogP contribution in [0.3, 0.4) is 0 Å². The van der Waals surface area contributed by atoms with Gasteiger partial charge in [0.05, 0.1) is 12.1 Å². The fourth-order valence-corrected chi connectivity index (χ4v) is 3.38. The molecule has 0 saturated heterocycles. The number of halogens is 1. The van der Waals surface area contributed by atoms with Crippen molar-refractivity contribution in [3.8, 4) is 5.75 Å². The Morgan fingerprint density at radius 1 is 1.53 bits per heavy atom. The molecule has 0 heterocycles. The van der Waals surface area contributed by atoms with Crippen LogP contribution in [-0.2, 0) is 10.0 Å². The van der Waals surface area contributed by atoms with E-state index in [1.807, 2.05) is 0 Å². The SMILES string of the molecule is COc1ccc(Cl)c(S(=O)(=O)NCC(N)C2CC2)c1. The predicted octanol–water partition coefficient (Wildman–Crippen LogP) is 1.36. The number of nitrogens with two attached hydrogens (primary N) is 1. The van der Waals surface area contributed by atoms with E-state index in [-0.39, 0.29) is 22.5 Å². The summed E-state index contributed by atoms with van der Waals surface area (Å²) in [7, 11) is -2.20. The standard InChI is InChI=1S/C12H17ClN2O3S/c1-18-9-4-5-10(13)12(6-9)19(16,17)15-7-11(14)8-2-3-8/h4-6,8,11,15H,2-3,7,14H2,1H3. The van der Waals surface area contributed by atoms with Crippen LogP contribution in [-0.4, -0.2) is 28.1 Å². The highest BCUT2D eigenvalue weighted by Gasteiger charge is 2.29. The van der Waals surface area contributed by atoms with Crippen molar-refractivity contribution in [1.82, 2.24) is 4.72 Å². The molecule has 7 heteroatoms. The van der Waals surface area contributed by atoms with E-state index in [0.29, 0.717) is 11.7 Å². The largest absolute Gasteiger partial charge is 0.497 e. The Hall–Kier alpha value is -0.820. The highest BCUT2D eigenvalue weighted by atomic mass is 35.5. The van der Waals surface area contributed by atoms with Crippen LogP contribution in [0, 0.1) is 5.92 Å². The van der Waals surface area contributed by atoms with E-state index in [9.17, 15) is 8.42 Å². The molecule has 0 amide bonds. The third-order valence-corrected chi connectivity index (χ3v) is 5.07. The molecule has 1 aliphatic rings. The monoisotopic (exact) mass is 304 g/mol. The second-order valence-electron chi connectivity index (χ2n) is 4.65. The van der Waals surface area contributed by atoms with Crippen molar-refractivity contribution in [2.24, 2.45) is 11.7 Å². The summed E-state index contributed by atoms with van der Waals surface area (Å²) in [6.07, 6.45) is 2.14. The van der Waals surface area contributed by atoms with Gasteiger partial charge in [-0.1, -0.05) is 11.6 Å². The van der Waals surface area contributed by atoms with E-state index in [1.165, 1.54) is 19.2 Å². The van der Waals surface area contributed by atoms with Gasteiger partial charge in [0.2, 0.25) is 10.0 Å². The lowest BCUT2D eigenvalue weighted by Gasteiger charge is -2.13. The topological polar surface area (TPSA) is 81.4 Å². The first-order chi connectivity index (χ1) is 8.94. The molecule has 0 aliphatic heterocycles. The summed E-state index contributed by atoms with van der Waals surface area (Å²) in [5, 5.41) is 0.160. The number of ether oxygens (including phenoxy) is 1. The zero-order valence-corrected chi connectivity index (χ0v) is 12.2. The van der Waals surface area contributed by atoms with Crippen LogP contribution in [0.25, 0.3) is 0 Å². The van der Waals surface area contributed by atoms with E-state index in [4.69, 9.17) is 22.1 Å². The zero-order valence-electron chi connectivity index (χ0n) is 10.6. The van der Waals surface area contributed by atoms with Gasteiger partial charge in [-0.25, -0.2) is 13.1 Å². The van der Waals surface area contributed by atoms with Gasteiger partial charge in [-0.3, -0.25) is 0 Å². The Balaban J connectivity index is 2.13. The smallest absolute Gasteiger partial charge is 0.242 e. The van der Waals surface area contributed by atoms with Gasteiger partial charge in [0, 0.05) is 18.7 Å². The Labute approximate surface area is 118 Å². The van der Waals surface area contributed by atoms with Crippen LogP contribution in [0.2, 0.25) is 5.02 Å². The minimum absolute atomic E-state index is 0.0107. The Morgan fingerprint density at radius 3 is 2.79 bits per heavy atom. The number of hydrogen-bond acceptors (Lipinski definition) is 4. The molecule has 19 heavy (non-hydrogen) atoms. The Morgan fingerprint density at radius 2 is 2.21 bits per heavy atom. The molecule has 1 aromatic rings. The van der Waals surface area contributed by atoms with Gasteiger partial charge < -0.3 is 10.5 Å². The van der Waals surface area contributed by atoms with Gasteiger partial charge in [0.15, 0.2) is 0 Å². The normalized spacial score (nSPS) is 17.2. The van der Waals surface area contributed by atoms with Crippen molar-refractivity contribution in [3.05, 3.63) is 23.2 Å². The van der Waals surface area contributed by atoms with Crippen LogP contribution in [0.4, 0.5) is 0 Å². The van der Waals surface area contributed by atoms with Crippen molar-refractivity contribution in [1.29, 1.82) is 0 Å². The maximum atomic E-state index is 12.2. The summed E-state index contributed by atoms with van der Waals surface area (Å²) in [4.78, 5) is 0.0107. The van der Waals surface area contributed by atoms with Crippen LogP contribution < -0.4 is 15.2 Å². The summed E-state index contributed by atoms with van der Waals surface area (Å²) < 4.78 is 31.8. The van der Waals surface area contributed by atoms with E-state index in [0.717, 1.165) is 12.8 Å². The van der Waals surface area contributed by atoms with E-state index in [2.05, 4.69) is 4.72 Å². The fourth-order valence-electron chi connectivity index (χ4n) is 1.79. The molecule has 0 bridgehead atoms. The van der Waals surface area contributed by atoms with Crippen molar-refractivity contribution < 1.29 is 13.2 Å². The van der Waals surface area contributed by atoms with E-state index >= 15 is 0 Å². The summed E-state index contributed by atoms with van der Waals surface area (Å²) >= 11 is 5.92. The third-order valence-electron chi connectivity index (χ3n) is 3.16. The molecule has 3 N–H and O–H groups in total. The average Bonchev–Trinajstić information content (AvgIpc) is 3.20. The molecule has 106 valence electrons. The molecule has 0 spiro atoms. The average molecular weight is 305 g/mol. The Kier molecular flexibility index (Phi) is 4.35. The van der Waals surface area contributed by atoms with Crippen molar-refractivity contribution >= 4 is 21.6 Å². The minimum Gasteiger partial charge on any atom is -0.497 e. The molecule has 1 atom stereocenters. The predicted molar refractivity (Wildman–Crippen MR) is 73.9 cm³/mol. The maximum absolute atomic E-state index is 12.2. The molecule has 0 radical (unpaired) electrons. The van der Waals surface area contributed by atoms with Crippen molar-refractivity contribution in [2.75, 3.05) is 13.7 Å². The first-order valence-corrected chi connectivity index (χ1v) is 7.89. The number of hydrogen-bond donors (Lipinski definition) is 2. The van der Waals surface area contributed by atoms with E-state index < -0.39 is 10.0 Å². The quantitative estimate of drug-likeness (QED) is 0.831. The summed E-state index contributed by atoms with van der Waals surface area (Å²) in [5.41, 5.74) is 5.87. The number of benzene rings is 1. The lowest BCUT2D eigenvalue weighted by Crippen LogP contribution is -2.38. The van der Waals surface area contributed by atoms with Crippen LogP contribution in [0.1, 0.15) is 12.8 Å². The zero-order chi connectivity index (χ0) is 14.0. The molecule has 1 aromatic carbocycles. The molecule has 1 fully saturated rings. The maximum Gasteiger partial charge on any atom is 0.242 e. The first kappa shape index (κ1) is 14.6. The lowest BCUT2D eigenvalue weighted by atomic mass is 10.2. The van der Waals surface area contributed by atoms with Gasteiger partial charge in [0.1, 0.15) is 10.6 Å². The van der Waals surface area contributed by atoms with Gasteiger partial charge in [-0.15, -0.1) is 0 Å². The van der Waals surface area contributed by atoms with Gasteiger partial charge in [0.25, 0.3) is 0 Å². The van der Waals surface area contributed by atoms with Crippen LogP contribution >= 0.6 is 11.6 Å². The summed E-state index contributed by atoms with van der Waals surface area (Å²) in [6, 6.07) is 4.36. The van der Waals surface area contributed by atoms with E-state index in [1.54, 1.807) is 6.07 Å². The molecule has 5 nitrogen and oxygen atoms in total. The van der Waals surface area contributed by atoms with Gasteiger partial charge in [-0.2, -0.15) is 0 Å². The van der Waals surface area contributed by atoms with Gasteiger partial charge in [-0.05, 0) is 30.9 Å². The van der Waals surface area contributed by atoms with Crippen molar-refractivity contribution in [3.63, 3.8) is 0 Å². The highest BCUT2D eigenvalue weighted by molar-refractivity contribution is 7.89. The molecule has 0 aromatic heterocycles. The fraction of sp³-hybridized carbons (Fsp3) is 0.500. The third kappa shape index (κ3) is 3.60.